The molecule has 0 radical (unpaired) electrons. The molecule has 0 fully saturated rings. The molecule has 1 amide bonds. The van der Waals surface area contributed by atoms with Gasteiger partial charge in [0.1, 0.15) is 17.1 Å². The number of benzene rings is 2. The van der Waals surface area contributed by atoms with Crippen molar-refractivity contribution in [2.75, 3.05) is 7.05 Å². The average Bonchev–Trinajstić information content (AvgIpc) is 3.35. The molecule has 0 aliphatic carbocycles. The van der Waals surface area contributed by atoms with E-state index in [2.05, 4.69) is 5.16 Å². The maximum atomic E-state index is 13.3. The molecule has 4 rings (SSSR count). The molecular weight excluding hydrogens is 364 g/mol. The number of carbonyl (C=O) groups excluding carboxylic acids is 1. The van der Waals surface area contributed by atoms with Crippen molar-refractivity contribution in [1.29, 1.82) is 0 Å². The van der Waals surface area contributed by atoms with Gasteiger partial charge in [0.25, 0.3) is 5.91 Å². The Kier molecular flexibility index (Phi) is 4.99. The molecule has 146 valence electrons. The highest BCUT2D eigenvalue weighted by molar-refractivity contribution is 6.00. The van der Waals surface area contributed by atoms with Crippen molar-refractivity contribution in [2.24, 2.45) is 0 Å². The molecule has 0 spiro atoms. The number of aryl methyl sites for hydroxylation is 2. The fraction of sp³-hybridized carbons (Fsp3) is 0.174. The largest absolute Gasteiger partial charge is 0.361 e. The molecule has 4 aromatic rings. The summed E-state index contributed by atoms with van der Waals surface area (Å²) in [6.07, 6.45) is 1.80. The van der Waals surface area contributed by atoms with Crippen LogP contribution in [0.2, 0.25) is 0 Å². The van der Waals surface area contributed by atoms with Crippen LogP contribution in [0.3, 0.4) is 0 Å². The van der Waals surface area contributed by atoms with Crippen LogP contribution < -0.4 is 0 Å². The van der Waals surface area contributed by atoms with Gasteiger partial charge in [-0.1, -0.05) is 47.6 Å². The van der Waals surface area contributed by atoms with Crippen LogP contribution in [0, 0.1) is 13.8 Å². The van der Waals surface area contributed by atoms with Crippen LogP contribution in [0.4, 0.5) is 0 Å². The van der Waals surface area contributed by atoms with Crippen molar-refractivity contribution in [3.05, 3.63) is 89.4 Å². The maximum absolute atomic E-state index is 13.3. The molecule has 2 aromatic carbocycles. The Morgan fingerprint density at radius 1 is 1.07 bits per heavy atom. The molecule has 0 atom stereocenters. The summed E-state index contributed by atoms with van der Waals surface area (Å²) in [5.41, 5.74) is 4.83. The Morgan fingerprint density at radius 3 is 2.48 bits per heavy atom. The summed E-state index contributed by atoms with van der Waals surface area (Å²) < 4.78 is 6.87. The second kappa shape index (κ2) is 7.75. The first-order valence-corrected chi connectivity index (χ1v) is 9.41. The van der Waals surface area contributed by atoms with Gasteiger partial charge in [-0.3, -0.25) is 4.79 Å². The Labute approximate surface area is 169 Å². The number of para-hydroxylation sites is 1. The predicted molar refractivity (Wildman–Crippen MR) is 111 cm³/mol. The summed E-state index contributed by atoms with van der Waals surface area (Å²) in [5, 5.41) is 8.75. The lowest BCUT2D eigenvalue weighted by Gasteiger charge is -2.15. The molecule has 0 saturated heterocycles. The number of rotatable bonds is 5. The zero-order valence-corrected chi connectivity index (χ0v) is 16.7. The van der Waals surface area contributed by atoms with Crippen LogP contribution in [0.1, 0.15) is 27.4 Å². The smallest absolute Gasteiger partial charge is 0.257 e. The van der Waals surface area contributed by atoms with E-state index in [4.69, 9.17) is 9.62 Å². The average molecular weight is 386 g/mol. The van der Waals surface area contributed by atoms with Crippen molar-refractivity contribution in [1.82, 2.24) is 19.8 Å². The first kappa shape index (κ1) is 18.7. The minimum atomic E-state index is -0.119. The number of aromatic nitrogens is 3. The highest BCUT2D eigenvalue weighted by atomic mass is 16.5. The van der Waals surface area contributed by atoms with Gasteiger partial charge >= 0.3 is 0 Å². The van der Waals surface area contributed by atoms with Gasteiger partial charge in [0.05, 0.1) is 17.8 Å². The zero-order chi connectivity index (χ0) is 20.4. The number of nitrogens with zero attached hydrogens (tertiary/aromatic N) is 4. The van der Waals surface area contributed by atoms with E-state index < -0.39 is 0 Å². The first-order valence-electron chi connectivity index (χ1n) is 9.41. The van der Waals surface area contributed by atoms with E-state index in [1.54, 1.807) is 22.8 Å². The Bertz CT molecular complexity index is 1140. The van der Waals surface area contributed by atoms with E-state index in [0.29, 0.717) is 23.5 Å². The van der Waals surface area contributed by atoms with Crippen LogP contribution in [0.25, 0.3) is 16.9 Å². The fourth-order valence-electron chi connectivity index (χ4n) is 3.29. The molecule has 6 heteroatoms. The van der Waals surface area contributed by atoms with Crippen LogP contribution >= 0.6 is 0 Å². The number of hydrogen-bond donors (Lipinski definition) is 0. The second-order valence-electron chi connectivity index (χ2n) is 7.08. The minimum Gasteiger partial charge on any atom is -0.361 e. The van der Waals surface area contributed by atoms with E-state index >= 15 is 0 Å². The quantitative estimate of drug-likeness (QED) is 0.509. The summed E-state index contributed by atoms with van der Waals surface area (Å²) >= 11 is 0. The van der Waals surface area contributed by atoms with E-state index in [1.165, 1.54) is 0 Å². The number of amides is 1. The summed E-state index contributed by atoms with van der Waals surface area (Å²) in [6, 6.07) is 19.6. The highest BCUT2D eigenvalue weighted by Gasteiger charge is 2.23. The van der Waals surface area contributed by atoms with Crippen LogP contribution in [-0.2, 0) is 6.54 Å². The van der Waals surface area contributed by atoms with E-state index in [0.717, 1.165) is 22.6 Å². The number of carbonyl (C=O) groups is 1. The molecule has 0 N–H and O–H groups in total. The number of hydrogen-bond acceptors (Lipinski definition) is 4. The van der Waals surface area contributed by atoms with E-state index in [9.17, 15) is 4.79 Å². The van der Waals surface area contributed by atoms with Gasteiger partial charge < -0.3 is 9.42 Å². The Balaban J connectivity index is 1.75. The van der Waals surface area contributed by atoms with Crippen molar-refractivity contribution in [3.8, 4) is 16.9 Å². The van der Waals surface area contributed by atoms with E-state index in [-0.39, 0.29) is 5.91 Å². The van der Waals surface area contributed by atoms with Gasteiger partial charge in [0, 0.05) is 24.9 Å². The maximum Gasteiger partial charge on any atom is 0.257 e. The molecule has 0 saturated carbocycles. The van der Waals surface area contributed by atoms with Gasteiger partial charge in [-0.2, -0.15) is 5.10 Å². The first-order chi connectivity index (χ1) is 14.0. The summed E-state index contributed by atoms with van der Waals surface area (Å²) in [6.45, 7) is 4.21. The second-order valence-corrected chi connectivity index (χ2v) is 7.08. The molecule has 29 heavy (non-hydrogen) atoms. The topological polar surface area (TPSA) is 64.2 Å². The van der Waals surface area contributed by atoms with Gasteiger partial charge in [0.2, 0.25) is 0 Å². The summed E-state index contributed by atoms with van der Waals surface area (Å²) in [4.78, 5) is 15.0. The third-order valence-electron chi connectivity index (χ3n) is 4.79. The van der Waals surface area contributed by atoms with Crippen molar-refractivity contribution in [3.63, 3.8) is 0 Å². The van der Waals surface area contributed by atoms with Crippen LogP contribution in [-0.4, -0.2) is 32.8 Å². The van der Waals surface area contributed by atoms with Gasteiger partial charge in [-0.25, -0.2) is 4.68 Å². The van der Waals surface area contributed by atoms with Crippen LogP contribution in [0.5, 0.6) is 0 Å². The monoisotopic (exact) mass is 386 g/mol. The van der Waals surface area contributed by atoms with Gasteiger partial charge in [0.15, 0.2) is 0 Å². The van der Waals surface area contributed by atoms with Gasteiger partial charge in [-0.05, 0) is 31.5 Å². The third kappa shape index (κ3) is 3.82. The lowest BCUT2D eigenvalue weighted by Crippen LogP contribution is -2.26. The third-order valence-corrected chi connectivity index (χ3v) is 4.79. The minimum absolute atomic E-state index is 0.119. The van der Waals surface area contributed by atoms with E-state index in [1.807, 2.05) is 74.5 Å². The van der Waals surface area contributed by atoms with Crippen molar-refractivity contribution < 1.29 is 9.32 Å². The molecule has 0 bridgehead atoms. The SMILES string of the molecule is Cc1cc(CN(C)C(=O)c2cn(-c3ccccc3)nc2-c2ccccc2C)no1. The van der Waals surface area contributed by atoms with Crippen molar-refractivity contribution >= 4 is 5.91 Å². The molecule has 2 heterocycles. The van der Waals surface area contributed by atoms with Crippen molar-refractivity contribution in [2.45, 2.75) is 20.4 Å². The van der Waals surface area contributed by atoms with Gasteiger partial charge in [-0.15, -0.1) is 0 Å². The molecule has 0 unspecified atom stereocenters. The molecule has 6 nitrogen and oxygen atoms in total. The molecule has 2 aromatic heterocycles. The molecular formula is C23H22N4O2. The standard InChI is InChI=1S/C23H22N4O2/c1-16-9-7-8-12-20(16)22-21(15-27(24-22)19-10-5-4-6-11-19)23(28)26(3)14-18-13-17(2)29-25-18/h4-13,15H,14H2,1-3H3. The normalized spacial score (nSPS) is 10.9. The highest BCUT2D eigenvalue weighted by Crippen LogP contribution is 2.27. The summed E-state index contributed by atoms with van der Waals surface area (Å²) in [5.74, 6) is 0.601. The summed E-state index contributed by atoms with van der Waals surface area (Å²) in [7, 11) is 1.76. The fourth-order valence-corrected chi connectivity index (χ4v) is 3.29. The zero-order valence-electron chi connectivity index (χ0n) is 16.7. The predicted octanol–water partition coefficient (Wildman–Crippen LogP) is 4.42. The molecule has 0 aliphatic rings. The lowest BCUT2D eigenvalue weighted by atomic mass is 10.0. The van der Waals surface area contributed by atoms with Crippen LogP contribution in [0.15, 0.2) is 71.4 Å². The Morgan fingerprint density at radius 2 is 1.79 bits per heavy atom. The lowest BCUT2D eigenvalue weighted by molar-refractivity contribution is 0.0783. The molecule has 0 aliphatic heterocycles. The Hall–Kier alpha value is -3.67.